The average Bonchev–Trinajstić information content (AvgIpc) is 2.59. The first-order valence-corrected chi connectivity index (χ1v) is 8.51. The first-order chi connectivity index (χ1) is 11.6. The molecule has 1 aliphatic heterocycles. The van der Waals surface area contributed by atoms with Crippen LogP contribution in [-0.2, 0) is 4.79 Å². The van der Waals surface area contributed by atoms with Crippen molar-refractivity contribution in [2.75, 3.05) is 38.6 Å². The Hall–Kier alpha value is -1.72. The van der Waals surface area contributed by atoms with Crippen LogP contribution < -0.4 is 0 Å². The molecule has 0 N–H and O–H groups in total. The lowest BCUT2D eigenvalue weighted by Crippen LogP contribution is -2.48. The number of piperazine rings is 1. The highest BCUT2D eigenvalue weighted by Gasteiger charge is 2.18. The normalized spacial score (nSPS) is 16.4. The molecule has 0 saturated carbocycles. The Bertz CT molecular complexity index is 591. The first-order valence-electron chi connectivity index (χ1n) is 7.98. The zero-order valence-electron chi connectivity index (χ0n) is 13.4. The minimum atomic E-state index is -0.626. The highest BCUT2D eigenvalue weighted by atomic mass is 35.5. The number of amides is 1. The summed E-state index contributed by atoms with van der Waals surface area (Å²) in [5, 5.41) is 0. The summed E-state index contributed by atoms with van der Waals surface area (Å²) in [7, 11) is 0. The summed E-state index contributed by atoms with van der Waals surface area (Å²) in [4.78, 5) is 16.1. The number of nitrogens with zero attached hydrogens (tertiary/aromatic N) is 2. The Morgan fingerprint density at radius 1 is 1.12 bits per heavy atom. The van der Waals surface area contributed by atoms with Gasteiger partial charge in [0.25, 0.3) is 0 Å². The van der Waals surface area contributed by atoms with Gasteiger partial charge in [-0.15, -0.1) is 11.6 Å². The molecule has 0 unspecified atom stereocenters. The molecule has 1 heterocycles. The zero-order chi connectivity index (χ0) is 17.4. The maximum Gasteiger partial charge on any atom is 0.246 e. The van der Waals surface area contributed by atoms with E-state index < -0.39 is 11.6 Å². The van der Waals surface area contributed by atoms with Crippen molar-refractivity contribution < 1.29 is 13.6 Å². The number of hydrogen-bond donors (Lipinski definition) is 0. The highest BCUT2D eigenvalue weighted by molar-refractivity contribution is 6.17. The number of carbonyl (C=O) groups excluding carboxylic acids is 1. The van der Waals surface area contributed by atoms with Gasteiger partial charge in [0.05, 0.1) is 0 Å². The first kappa shape index (κ1) is 18.6. The van der Waals surface area contributed by atoms with E-state index in [0.717, 1.165) is 26.1 Å². The van der Waals surface area contributed by atoms with Crippen LogP contribution in [0.15, 0.2) is 36.4 Å². The number of carbonyl (C=O) groups is 1. The molecule has 24 heavy (non-hydrogen) atoms. The maximum atomic E-state index is 13.4. The Labute approximate surface area is 146 Å². The van der Waals surface area contributed by atoms with Crippen molar-refractivity contribution in [1.29, 1.82) is 0 Å². The van der Waals surface area contributed by atoms with E-state index in [9.17, 15) is 13.6 Å². The summed E-state index contributed by atoms with van der Waals surface area (Å²) >= 11 is 5.68. The fourth-order valence-corrected chi connectivity index (χ4v) is 2.66. The summed E-state index contributed by atoms with van der Waals surface area (Å²) in [6, 6.07) is 3.71. The lowest BCUT2D eigenvalue weighted by molar-refractivity contribution is -0.127. The van der Waals surface area contributed by atoms with Crippen LogP contribution in [-0.4, -0.2) is 54.3 Å². The van der Waals surface area contributed by atoms with Gasteiger partial charge < -0.3 is 4.90 Å². The molecule has 130 valence electrons. The van der Waals surface area contributed by atoms with Crippen molar-refractivity contribution in [3.63, 3.8) is 0 Å². The standard InChI is InChI=1S/C18H21ClF2N2O/c19-9-4-10-22-11-13-23(14-12-22)18(24)8-2-1-5-15-16(20)6-3-7-17(15)21/h1-3,5-8H,4,9-14H2. The molecule has 0 aliphatic carbocycles. The molecule has 0 radical (unpaired) electrons. The Morgan fingerprint density at radius 3 is 2.42 bits per heavy atom. The van der Waals surface area contributed by atoms with Crippen LogP contribution in [0.4, 0.5) is 8.78 Å². The molecule has 2 rings (SSSR count). The third kappa shape index (κ3) is 5.42. The van der Waals surface area contributed by atoms with Crippen LogP contribution in [0.1, 0.15) is 12.0 Å². The molecule has 0 bridgehead atoms. The van der Waals surface area contributed by atoms with E-state index in [4.69, 9.17) is 11.6 Å². The summed E-state index contributed by atoms with van der Waals surface area (Å²) < 4.78 is 26.9. The van der Waals surface area contributed by atoms with Crippen molar-refractivity contribution in [2.24, 2.45) is 0 Å². The minimum absolute atomic E-state index is 0.0920. The number of rotatable bonds is 6. The van der Waals surface area contributed by atoms with Gasteiger partial charge in [-0.2, -0.15) is 0 Å². The molecule has 1 aromatic rings. The summed E-state index contributed by atoms with van der Waals surface area (Å²) in [6.07, 6.45) is 6.67. The molecule has 1 saturated heterocycles. The van der Waals surface area contributed by atoms with Crippen molar-refractivity contribution in [2.45, 2.75) is 6.42 Å². The van der Waals surface area contributed by atoms with E-state index in [1.165, 1.54) is 42.5 Å². The molecular formula is C18H21ClF2N2O. The number of benzene rings is 1. The predicted octanol–water partition coefficient (Wildman–Crippen LogP) is 3.31. The molecule has 1 aliphatic rings. The van der Waals surface area contributed by atoms with Gasteiger partial charge >= 0.3 is 0 Å². The van der Waals surface area contributed by atoms with E-state index in [-0.39, 0.29) is 11.5 Å². The Morgan fingerprint density at radius 2 is 1.79 bits per heavy atom. The lowest BCUT2D eigenvalue weighted by atomic mass is 10.2. The smallest absolute Gasteiger partial charge is 0.246 e. The van der Waals surface area contributed by atoms with Gasteiger partial charge in [0, 0.05) is 43.7 Å². The van der Waals surface area contributed by atoms with Crippen molar-refractivity contribution in [3.8, 4) is 0 Å². The van der Waals surface area contributed by atoms with Gasteiger partial charge in [-0.1, -0.05) is 18.2 Å². The van der Waals surface area contributed by atoms with Crippen LogP contribution >= 0.6 is 11.6 Å². The molecule has 1 aromatic carbocycles. The van der Waals surface area contributed by atoms with Crippen LogP contribution in [0.5, 0.6) is 0 Å². The summed E-state index contributed by atoms with van der Waals surface area (Å²) in [5.74, 6) is -0.694. The second-order valence-corrected chi connectivity index (χ2v) is 5.94. The zero-order valence-corrected chi connectivity index (χ0v) is 14.2. The van der Waals surface area contributed by atoms with Crippen LogP contribution in [0, 0.1) is 11.6 Å². The lowest BCUT2D eigenvalue weighted by Gasteiger charge is -2.34. The van der Waals surface area contributed by atoms with E-state index in [1.54, 1.807) is 4.90 Å². The molecule has 3 nitrogen and oxygen atoms in total. The summed E-state index contributed by atoms with van der Waals surface area (Å²) in [6.45, 7) is 3.99. The van der Waals surface area contributed by atoms with Gasteiger partial charge in [-0.3, -0.25) is 9.69 Å². The molecule has 1 amide bonds. The van der Waals surface area contributed by atoms with E-state index in [0.29, 0.717) is 19.0 Å². The van der Waals surface area contributed by atoms with Crippen molar-refractivity contribution in [1.82, 2.24) is 9.80 Å². The monoisotopic (exact) mass is 354 g/mol. The minimum Gasteiger partial charge on any atom is -0.337 e. The quantitative estimate of drug-likeness (QED) is 0.444. The van der Waals surface area contributed by atoms with E-state index >= 15 is 0 Å². The van der Waals surface area contributed by atoms with Gasteiger partial charge in [-0.05, 0) is 31.2 Å². The molecule has 0 aromatic heterocycles. The molecule has 6 heteroatoms. The summed E-state index contributed by atoms with van der Waals surface area (Å²) in [5.41, 5.74) is -0.109. The molecular weight excluding hydrogens is 334 g/mol. The topological polar surface area (TPSA) is 23.6 Å². The number of hydrogen-bond acceptors (Lipinski definition) is 2. The van der Waals surface area contributed by atoms with Crippen LogP contribution in [0.25, 0.3) is 6.08 Å². The van der Waals surface area contributed by atoms with Gasteiger partial charge in [0.1, 0.15) is 11.6 Å². The Kier molecular flexibility index (Phi) is 7.40. The van der Waals surface area contributed by atoms with Crippen molar-refractivity contribution in [3.05, 3.63) is 53.6 Å². The van der Waals surface area contributed by atoms with Gasteiger partial charge in [0.15, 0.2) is 0 Å². The number of allylic oxidation sites excluding steroid dienone is 2. The average molecular weight is 355 g/mol. The van der Waals surface area contributed by atoms with Gasteiger partial charge in [-0.25, -0.2) is 8.78 Å². The van der Waals surface area contributed by atoms with E-state index in [1.807, 2.05) is 0 Å². The second kappa shape index (κ2) is 9.55. The third-order valence-corrected chi connectivity index (χ3v) is 4.17. The number of halogens is 3. The predicted molar refractivity (Wildman–Crippen MR) is 92.9 cm³/mol. The molecule has 1 fully saturated rings. The largest absolute Gasteiger partial charge is 0.337 e. The molecule has 0 atom stereocenters. The molecule has 0 spiro atoms. The fourth-order valence-electron chi connectivity index (χ4n) is 2.54. The van der Waals surface area contributed by atoms with Gasteiger partial charge in [0.2, 0.25) is 5.91 Å². The number of alkyl halides is 1. The maximum absolute atomic E-state index is 13.4. The SMILES string of the molecule is O=C(C=CC=Cc1c(F)cccc1F)N1CCN(CCCCl)CC1. The Balaban J connectivity index is 1.82. The second-order valence-electron chi connectivity index (χ2n) is 5.56. The van der Waals surface area contributed by atoms with Crippen LogP contribution in [0.3, 0.4) is 0 Å². The van der Waals surface area contributed by atoms with Crippen LogP contribution in [0.2, 0.25) is 0 Å². The highest BCUT2D eigenvalue weighted by Crippen LogP contribution is 2.13. The third-order valence-electron chi connectivity index (χ3n) is 3.90. The van der Waals surface area contributed by atoms with Crippen molar-refractivity contribution >= 4 is 23.6 Å². The van der Waals surface area contributed by atoms with E-state index in [2.05, 4.69) is 4.90 Å². The fraction of sp³-hybridized carbons (Fsp3) is 0.389.